The van der Waals surface area contributed by atoms with Crippen molar-refractivity contribution in [3.05, 3.63) is 120 Å². The number of nitrogens with two attached hydrogens (primary N) is 2. The quantitative estimate of drug-likeness (QED) is 0.139. The molecule has 0 atom stereocenters. The van der Waals surface area contributed by atoms with Crippen LogP contribution in [0.3, 0.4) is 0 Å². The zero-order valence-corrected chi connectivity index (χ0v) is 31.2. The Morgan fingerprint density at radius 3 is 1.59 bits per heavy atom. The molecule has 4 aromatic rings. The van der Waals surface area contributed by atoms with E-state index < -0.39 is 47.4 Å². The molecule has 0 saturated carbocycles. The predicted molar refractivity (Wildman–Crippen MR) is 197 cm³/mol. The van der Waals surface area contributed by atoms with E-state index in [0.29, 0.717) is 35.9 Å². The first-order valence-corrected chi connectivity index (χ1v) is 19.3. The highest BCUT2D eigenvalue weighted by molar-refractivity contribution is 8.13. The Morgan fingerprint density at radius 1 is 0.685 bits per heavy atom. The molecule has 2 aliphatic heterocycles. The minimum Gasteiger partial charge on any atom is -0.384 e. The number of aromatic nitrogens is 2. The summed E-state index contributed by atoms with van der Waals surface area (Å²) in [5.74, 6) is 0.958. The maximum absolute atomic E-state index is 12.8. The lowest BCUT2D eigenvalue weighted by Crippen LogP contribution is -2.34. The monoisotopic (exact) mass is 838 g/mol. The van der Waals surface area contributed by atoms with E-state index in [1.165, 1.54) is 11.6 Å². The number of hydrogen-bond acceptors (Lipinski definition) is 9. The molecule has 20 heteroatoms. The fraction of sp³-hybridized carbons (Fsp3) is 0.235. The van der Waals surface area contributed by atoms with Crippen LogP contribution >= 0.6 is 23.1 Å². The summed E-state index contributed by atoms with van der Waals surface area (Å²) in [5.41, 5.74) is 13.1. The van der Waals surface area contributed by atoms with Gasteiger partial charge in [0.15, 0.2) is 0 Å². The van der Waals surface area contributed by atoms with Gasteiger partial charge in [0.2, 0.25) is 10.0 Å². The van der Waals surface area contributed by atoms with E-state index in [-0.39, 0.29) is 30.4 Å². The lowest BCUT2D eigenvalue weighted by atomic mass is 10.1. The van der Waals surface area contributed by atoms with E-state index in [0.717, 1.165) is 65.4 Å². The molecule has 54 heavy (non-hydrogen) atoms. The molecule has 0 fully saturated rings. The summed E-state index contributed by atoms with van der Waals surface area (Å²) >= 11 is 0. The van der Waals surface area contributed by atoms with Crippen LogP contribution in [0.25, 0.3) is 11.1 Å². The van der Waals surface area contributed by atoms with Crippen LogP contribution in [-0.4, -0.2) is 57.3 Å². The van der Waals surface area contributed by atoms with Crippen molar-refractivity contribution in [1.82, 2.24) is 19.6 Å². The van der Waals surface area contributed by atoms with Gasteiger partial charge in [0.25, 0.3) is 9.05 Å². The molecule has 0 bridgehead atoms. The Morgan fingerprint density at radius 2 is 1.17 bits per heavy atom. The second kappa shape index (κ2) is 18.4. The average molecular weight is 840 g/mol. The smallest absolute Gasteiger partial charge is 0.384 e. The lowest BCUT2D eigenvalue weighted by Gasteiger charge is -2.26. The van der Waals surface area contributed by atoms with E-state index in [2.05, 4.69) is 21.4 Å². The van der Waals surface area contributed by atoms with E-state index >= 15 is 0 Å². The average Bonchev–Trinajstić information content (AvgIpc) is 3.12. The van der Waals surface area contributed by atoms with Crippen molar-refractivity contribution >= 4 is 64.9 Å². The Kier molecular flexibility index (Phi) is 15.1. The number of alkyl halides is 6. The van der Waals surface area contributed by atoms with E-state index in [1.807, 2.05) is 18.2 Å². The van der Waals surface area contributed by atoms with Gasteiger partial charge in [-0.2, -0.15) is 30.6 Å². The van der Waals surface area contributed by atoms with Crippen molar-refractivity contribution in [1.29, 1.82) is 0 Å². The molecule has 0 aliphatic carbocycles. The predicted octanol–water partition coefficient (Wildman–Crippen LogP) is 7.26. The van der Waals surface area contributed by atoms with Crippen LogP contribution in [0.15, 0.2) is 107 Å². The highest BCUT2D eigenvalue weighted by atomic mass is 35.7. The molecule has 2 aliphatic rings. The minimum absolute atomic E-state index is 0. The third-order valence-electron chi connectivity index (χ3n) is 7.68. The molecule has 0 unspecified atom stereocenters. The highest BCUT2D eigenvalue weighted by Gasteiger charge is 2.34. The molecule has 0 spiro atoms. The zero-order chi connectivity index (χ0) is 39.0. The van der Waals surface area contributed by atoms with Crippen LogP contribution in [0.4, 0.5) is 38.0 Å². The number of benzene rings is 2. The SMILES string of the molecule is Cl.Nc1cccc(C2=CCN(S(=O)(=O)c3cccc(C(F)(F)F)c3)CC2)n1.Nc1cccc(C2=CCNCC2)n1.O=S(=O)(Cl)c1cccc(C(F)(F)F)c1. The number of rotatable bonds is 5. The molecule has 5 N–H and O–H groups in total. The molecule has 292 valence electrons. The van der Waals surface area contributed by atoms with Gasteiger partial charge in [-0.1, -0.05) is 36.4 Å². The van der Waals surface area contributed by atoms with Gasteiger partial charge in [-0.05, 0) is 91.2 Å². The first kappa shape index (κ1) is 44.2. The molecule has 0 amide bonds. The molecule has 6 rings (SSSR count). The number of nitrogens with one attached hydrogen (secondary N) is 1. The van der Waals surface area contributed by atoms with E-state index in [4.69, 9.17) is 22.1 Å². The zero-order valence-electron chi connectivity index (χ0n) is 28.0. The first-order valence-electron chi connectivity index (χ1n) is 15.6. The summed E-state index contributed by atoms with van der Waals surface area (Å²) in [4.78, 5) is 7.55. The first-order chi connectivity index (χ1) is 24.7. The summed E-state index contributed by atoms with van der Waals surface area (Å²) in [5, 5.41) is 3.26. The number of sulfonamides is 1. The minimum atomic E-state index is -4.60. The normalized spacial score (nSPS) is 15.2. The maximum atomic E-state index is 12.8. The van der Waals surface area contributed by atoms with Gasteiger partial charge in [0.05, 0.1) is 32.3 Å². The summed E-state index contributed by atoms with van der Waals surface area (Å²) < 4.78 is 123. The number of nitrogen functional groups attached to an aromatic ring is 2. The molecular formula is C34H34Cl2F6N6O4S2. The van der Waals surface area contributed by atoms with Gasteiger partial charge in [0.1, 0.15) is 11.6 Å². The number of pyridine rings is 2. The topological polar surface area (TPSA) is 161 Å². The Balaban J connectivity index is 0.000000237. The van der Waals surface area contributed by atoms with Crippen molar-refractivity contribution < 1.29 is 43.2 Å². The molecule has 2 aromatic carbocycles. The second-order valence-corrected chi connectivity index (χ2v) is 15.9. The summed E-state index contributed by atoms with van der Waals surface area (Å²) in [7, 11) is -3.24. The molecular weight excluding hydrogens is 805 g/mol. The summed E-state index contributed by atoms with van der Waals surface area (Å²) in [6.45, 7) is 2.18. The number of hydrogen-bond donors (Lipinski definition) is 3. The van der Waals surface area contributed by atoms with E-state index in [9.17, 15) is 43.2 Å². The van der Waals surface area contributed by atoms with Crippen LogP contribution in [-0.2, 0) is 31.4 Å². The summed E-state index contributed by atoms with van der Waals surface area (Å²) in [6, 6.07) is 18.0. The Bertz CT molecular complexity index is 2200. The molecule has 10 nitrogen and oxygen atoms in total. The van der Waals surface area contributed by atoms with Crippen LogP contribution in [0.5, 0.6) is 0 Å². The van der Waals surface area contributed by atoms with Crippen LogP contribution in [0, 0.1) is 0 Å². The number of nitrogens with zero attached hydrogens (tertiary/aromatic N) is 3. The van der Waals surface area contributed by atoms with Gasteiger partial charge in [0, 0.05) is 30.3 Å². The number of anilines is 2. The molecule has 4 heterocycles. The third kappa shape index (κ3) is 12.4. The van der Waals surface area contributed by atoms with Crippen molar-refractivity contribution in [2.75, 3.05) is 37.6 Å². The van der Waals surface area contributed by atoms with Gasteiger partial charge < -0.3 is 16.8 Å². The highest BCUT2D eigenvalue weighted by Crippen LogP contribution is 2.33. The second-order valence-electron chi connectivity index (χ2n) is 11.4. The van der Waals surface area contributed by atoms with Crippen molar-refractivity contribution in [2.45, 2.75) is 35.0 Å². The van der Waals surface area contributed by atoms with Gasteiger partial charge in [-0.3, -0.25) is 0 Å². The van der Waals surface area contributed by atoms with Crippen molar-refractivity contribution in [2.24, 2.45) is 0 Å². The summed E-state index contributed by atoms with van der Waals surface area (Å²) in [6.07, 6.45) is -3.86. The number of halogens is 8. The van der Waals surface area contributed by atoms with Crippen LogP contribution in [0.1, 0.15) is 35.4 Å². The standard InChI is InChI=1S/C17H16F3N3O2S.C10H13N3.C7H4ClF3O2S.ClH/c18-17(19,20)13-3-1-4-14(11-13)26(24,25)23-9-7-12(8-10-23)15-5-2-6-16(21)22-15;11-10-3-1-2-9(13-10)8-4-6-12-7-5-8;8-14(12,13)6-3-1-2-5(4-6)7(9,10)11;/h1-7,11H,8-10H2,(H2,21,22);1-4,12H,5-7H2,(H2,11,13);1-4H;1H. The van der Waals surface area contributed by atoms with Crippen molar-refractivity contribution in [3.63, 3.8) is 0 Å². The van der Waals surface area contributed by atoms with Crippen molar-refractivity contribution in [3.8, 4) is 0 Å². The molecule has 2 aromatic heterocycles. The maximum Gasteiger partial charge on any atom is 0.416 e. The lowest BCUT2D eigenvalue weighted by molar-refractivity contribution is -0.138. The van der Waals surface area contributed by atoms with Crippen LogP contribution < -0.4 is 16.8 Å². The van der Waals surface area contributed by atoms with Gasteiger partial charge in [-0.15, -0.1) is 12.4 Å². The van der Waals surface area contributed by atoms with E-state index in [1.54, 1.807) is 24.3 Å². The molecule has 0 saturated heterocycles. The Hall–Kier alpha value is -4.20. The third-order valence-corrected chi connectivity index (χ3v) is 10.9. The fourth-order valence-electron chi connectivity index (χ4n) is 5.02. The Labute approximate surface area is 318 Å². The molecule has 0 radical (unpaired) electrons. The fourth-order valence-corrected chi connectivity index (χ4v) is 7.25. The van der Waals surface area contributed by atoms with Gasteiger partial charge >= 0.3 is 12.4 Å². The van der Waals surface area contributed by atoms with Crippen LogP contribution in [0.2, 0.25) is 0 Å². The van der Waals surface area contributed by atoms with Gasteiger partial charge in [-0.25, -0.2) is 26.8 Å². The largest absolute Gasteiger partial charge is 0.416 e.